The third-order valence-electron chi connectivity index (χ3n) is 2.85. The van der Waals surface area contributed by atoms with Crippen molar-refractivity contribution >= 4 is 23.0 Å². The number of nitrogens with one attached hydrogen (secondary N) is 1. The Morgan fingerprint density at radius 2 is 2.10 bits per heavy atom. The summed E-state index contributed by atoms with van der Waals surface area (Å²) in [5.74, 6) is -0.719. The smallest absolute Gasteiger partial charge is 0.373 e. The zero-order valence-corrected chi connectivity index (χ0v) is 12.4. The van der Waals surface area contributed by atoms with Crippen LogP contribution in [0, 0.1) is 0 Å². The molecule has 0 aliphatic rings. The Hall–Kier alpha value is -1.83. The summed E-state index contributed by atoms with van der Waals surface area (Å²) in [5, 5.41) is 4.58. The first kappa shape index (κ1) is 15.6. The highest BCUT2D eigenvalue weighted by Gasteiger charge is 2.35. The number of nitrogens with zero attached hydrogens (tertiary/aromatic N) is 3. The molecule has 0 unspecified atom stereocenters. The maximum atomic E-state index is 12.9. The Balaban J connectivity index is 2.35. The van der Waals surface area contributed by atoms with Gasteiger partial charge in [0, 0.05) is 24.5 Å². The fraction of sp³-hybridized carbons (Fsp3) is 0.385. The van der Waals surface area contributed by atoms with E-state index in [0.29, 0.717) is 13.1 Å². The second kappa shape index (κ2) is 6.30. The van der Waals surface area contributed by atoms with E-state index in [1.807, 2.05) is 24.4 Å². The molecule has 2 heterocycles. The number of alkyl halides is 3. The molecule has 0 atom stereocenters. The largest absolute Gasteiger partial charge is 0.451 e. The highest BCUT2D eigenvalue weighted by Crippen LogP contribution is 2.29. The molecule has 0 aliphatic carbocycles. The van der Waals surface area contributed by atoms with E-state index in [9.17, 15) is 13.2 Å². The van der Waals surface area contributed by atoms with Crippen molar-refractivity contribution in [3.05, 3.63) is 34.3 Å². The topological polar surface area (TPSA) is 41.0 Å². The summed E-state index contributed by atoms with van der Waals surface area (Å²) in [5.41, 5.74) is 0. The highest BCUT2D eigenvalue weighted by atomic mass is 32.1. The van der Waals surface area contributed by atoms with Gasteiger partial charge in [0.2, 0.25) is 5.82 Å². The van der Waals surface area contributed by atoms with Gasteiger partial charge in [-0.3, -0.25) is 0 Å². The number of rotatable bonds is 5. The lowest BCUT2D eigenvalue weighted by Gasteiger charge is -2.22. The first-order valence-corrected chi connectivity index (χ1v) is 7.23. The first-order valence-electron chi connectivity index (χ1n) is 6.35. The minimum absolute atomic E-state index is 0.150. The second-order valence-corrected chi connectivity index (χ2v) is 5.31. The van der Waals surface area contributed by atoms with E-state index in [0.717, 1.165) is 4.88 Å². The van der Waals surface area contributed by atoms with Crippen LogP contribution in [0.1, 0.15) is 17.6 Å². The summed E-state index contributed by atoms with van der Waals surface area (Å²) >= 11 is 1.56. The molecule has 4 nitrogen and oxygen atoms in total. The van der Waals surface area contributed by atoms with Gasteiger partial charge in [0.15, 0.2) is 0 Å². The number of hydrogen-bond donors (Lipinski definition) is 1. The maximum Gasteiger partial charge on any atom is 0.451 e. The molecule has 0 saturated heterocycles. The minimum Gasteiger partial charge on any atom is -0.373 e. The Labute approximate surface area is 124 Å². The Kier molecular flexibility index (Phi) is 4.66. The first-order chi connectivity index (χ1) is 9.94. The zero-order valence-electron chi connectivity index (χ0n) is 11.6. The van der Waals surface area contributed by atoms with Crippen LogP contribution in [0.2, 0.25) is 0 Å². The van der Waals surface area contributed by atoms with E-state index in [1.54, 1.807) is 16.2 Å². The maximum absolute atomic E-state index is 12.9. The van der Waals surface area contributed by atoms with Crippen LogP contribution in [-0.2, 0) is 12.7 Å². The van der Waals surface area contributed by atoms with Gasteiger partial charge in [0.1, 0.15) is 11.6 Å². The predicted octanol–water partition coefficient (Wildman–Crippen LogP) is 3.63. The van der Waals surface area contributed by atoms with Crippen LogP contribution in [0.25, 0.3) is 0 Å². The number of hydrogen-bond acceptors (Lipinski definition) is 5. The third kappa shape index (κ3) is 3.84. The minimum atomic E-state index is -4.57. The number of thiophene rings is 1. The number of aromatic nitrogens is 2. The normalized spacial score (nSPS) is 11.5. The molecule has 2 aromatic heterocycles. The van der Waals surface area contributed by atoms with Crippen LogP contribution in [-0.4, -0.2) is 23.6 Å². The summed E-state index contributed by atoms with van der Waals surface area (Å²) in [4.78, 5) is 9.97. The summed E-state index contributed by atoms with van der Waals surface area (Å²) < 4.78 is 38.6. The summed E-state index contributed by atoms with van der Waals surface area (Å²) in [6, 6.07) is 5.37. The van der Waals surface area contributed by atoms with Gasteiger partial charge in [-0.05, 0) is 18.4 Å². The molecule has 2 rings (SSSR count). The van der Waals surface area contributed by atoms with Crippen LogP contribution in [0.3, 0.4) is 0 Å². The summed E-state index contributed by atoms with van der Waals surface area (Å²) in [6.07, 6.45) is -4.57. The Morgan fingerprint density at radius 3 is 2.62 bits per heavy atom. The van der Waals surface area contributed by atoms with Crippen LogP contribution >= 0.6 is 11.3 Å². The van der Waals surface area contributed by atoms with Crippen molar-refractivity contribution in [1.29, 1.82) is 0 Å². The Bertz CT molecular complexity index is 584. The quantitative estimate of drug-likeness (QED) is 0.914. The number of anilines is 2. The molecule has 0 spiro atoms. The van der Waals surface area contributed by atoms with Crippen molar-refractivity contribution in [1.82, 2.24) is 9.97 Å². The SMILES string of the molecule is CCN(Cc1cccs1)c1cc(NC)nc(C(F)(F)F)n1. The molecule has 0 saturated carbocycles. The van der Waals surface area contributed by atoms with Gasteiger partial charge in [-0.25, -0.2) is 9.97 Å². The molecule has 1 N–H and O–H groups in total. The van der Waals surface area contributed by atoms with E-state index in [2.05, 4.69) is 15.3 Å². The molecule has 0 aliphatic heterocycles. The van der Waals surface area contributed by atoms with Crippen molar-refractivity contribution in [3.63, 3.8) is 0 Å². The summed E-state index contributed by atoms with van der Waals surface area (Å²) in [7, 11) is 1.53. The van der Waals surface area contributed by atoms with Gasteiger partial charge in [-0.15, -0.1) is 11.3 Å². The van der Waals surface area contributed by atoms with E-state index in [4.69, 9.17) is 0 Å². The second-order valence-electron chi connectivity index (χ2n) is 4.28. The predicted molar refractivity (Wildman–Crippen MR) is 77.6 cm³/mol. The monoisotopic (exact) mass is 316 g/mol. The average molecular weight is 316 g/mol. The molecule has 0 aromatic carbocycles. The van der Waals surface area contributed by atoms with Gasteiger partial charge in [-0.2, -0.15) is 13.2 Å². The molecular formula is C13H15F3N4S. The zero-order chi connectivity index (χ0) is 15.5. The van der Waals surface area contributed by atoms with Crippen LogP contribution in [0.4, 0.5) is 24.8 Å². The lowest BCUT2D eigenvalue weighted by atomic mass is 10.3. The lowest BCUT2D eigenvalue weighted by molar-refractivity contribution is -0.144. The van der Waals surface area contributed by atoms with Gasteiger partial charge in [-0.1, -0.05) is 6.07 Å². The van der Waals surface area contributed by atoms with Gasteiger partial charge in [0.25, 0.3) is 0 Å². The van der Waals surface area contributed by atoms with E-state index >= 15 is 0 Å². The summed E-state index contributed by atoms with van der Waals surface area (Å²) in [6.45, 7) is 2.95. The fourth-order valence-electron chi connectivity index (χ4n) is 1.80. The highest BCUT2D eigenvalue weighted by molar-refractivity contribution is 7.09. The molecule has 21 heavy (non-hydrogen) atoms. The molecule has 8 heteroatoms. The molecule has 0 bridgehead atoms. The molecule has 0 amide bonds. The molecule has 114 valence electrons. The van der Waals surface area contributed by atoms with Crippen LogP contribution in [0.15, 0.2) is 23.6 Å². The van der Waals surface area contributed by atoms with Crippen molar-refractivity contribution in [3.8, 4) is 0 Å². The van der Waals surface area contributed by atoms with Gasteiger partial charge < -0.3 is 10.2 Å². The van der Waals surface area contributed by atoms with Crippen molar-refractivity contribution in [2.24, 2.45) is 0 Å². The number of halogens is 3. The Morgan fingerprint density at radius 1 is 1.33 bits per heavy atom. The van der Waals surface area contributed by atoms with Crippen LogP contribution in [0.5, 0.6) is 0 Å². The van der Waals surface area contributed by atoms with Crippen molar-refractivity contribution in [2.45, 2.75) is 19.6 Å². The van der Waals surface area contributed by atoms with Crippen molar-refractivity contribution in [2.75, 3.05) is 23.8 Å². The van der Waals surface area contributed by atoms with E-state index < -0.39 is 12.0 Å². The third-order valence-corrected chi connectivity index (χ3v) is 3.72. The fourth-order valence-corrected chi connectivity index (χ4v) is 2.52. The molecule has 0 fully saturated rings. The van der Waals surface area contributed by atoms with Gasteiger partial charge in [0.05, 0.1) is 6.54 Å². The average Bonchev–Trinajstić information content (AvgIpc) is 2.96. The molecule has 2 aromatic rings. The van der Waals surface area contributed by atoms with Crippen molar-refractivity contribution < 1.29 is 13.2 Å². The standard InChI is InChI=1S/C13H15F3N4S/c1-3-20(8-9-5-4-6-21-9)11-7-10(17-2)18-12(19-11)13(14,15)16/h4-7H,3,8H2,1-2H3,(H,17,18,19). The van der Waals surface area contributed by atoms with E-state index in [1.165, 1.54) is 13.1 Å². The molecule has 0 radical (unpaired) electrons. The molecular weight excluding hydrogens is 301 g/mol. The lowest BCUT2D eigenvalue weighted by Crippen LogP contribution is -2.24. The van der Waals surface area contributed by atoms with Gasteiger partial charge >= 0.3 is 6.18 Å². The van der Waals surface area contributed by atoms with E-state index in [-0.39, 0.29) is 11.6 Å². The van der Waals surface area contributed by atoms with Crippen LogP contribution < -0.4 is 10.2 Å².